The molecular formula is C17H23FO2S. The summed E-state index contributed by atoms with van der Waals surface area (Å²) in [5.41, 5.74) is 0. The molecule has 2 nitrogen and oxygen atoms in total. The molecule has 4 heteroatoms. The van der Waals surface area contributed by atoms with Gasteiger partial charge in [-0.05, 0) is 43.7 Å². The van der Waals surface area contributed by atoms with Gasteiger partial charge >= 0.3 is 5.97 Å². The van der Waals surface area contributed by atoms with Crippen LogP contribution in [0.5, 0.6) is 0 Å². The van der Waals surface area contributed by atoms with E-state index < -0.39 is 0 Å². The van der Waals surface area contributed by atoms with Gasteiger partial charge in [-0.25, -0.2) is 4.39 Å². The molecule has 1 aromatic rings. The summed E-state index contributed by atoms with van der Waals surface area (Å²) in [5.74, 6) is 0.214. The Morgan fingerprint density at radius 1 is 1.29 bits per heavy atom. The van der Waals surface area contributed by atoms with Crippen LogP contribution in [-0.2, 0) is 8.98 Å². The second-order valence-corrected chi connectivity index (χ2v) is 6.55. The average Bonchev–Trinajstić information content (AvgIpc) is 2.52. The topological polar surface area (TPSA) is 26.3 Å². The van der Waals surface area contributed by atoms with Gasteiger partial charge in [-0.1, -0.05) is 38.3 Å². The fourth-order valence-electron chi connectivity index (χ4n) is 2.85. The van der Waals surface area contributed by atoms with E-state index in [4.69, 9.17) is 4.18 Å². The van der Waals surface area contributed by atoms with Crippen molar-refractivity contribution in [3.63, 3.8) is 0 Å². The van der Waals surface area contributed by atoms with E-state index in [9.17, 15) is 9.18 Å². The van der Waals surface area contributed by atoms with Crippen LogP contribution in [0.2, 0.25) is 0 Å². The third-order valence-corrected chi connectivity index (χ3v) is 4.95. The zero-order chi connectivity index (χ0) is 15.1. The molecule has 0 radical (unpaired) electrons. The molecule has 1 aliphatic carbocycles. The summed E-state index contributed by atoms with van der Waals surface area (Å²) in [4.78, 5) is 12.4. The Labute approximate surface area is 130 Å². The lowest BCUT2D eigenvalue weighted by atomic mass is 9.80. The van der Waals surface area contributed by atoms with Gasteiger partial charge in [0.1, 0.15) is 5.82 Å². The SMILES string of the molecule is CCCCC1CCC(C(=O)OSc2ccccc2F)CC1. The Morgan fingerprint density at radius 3 is 2.67 bits per heavy atom. The molecule has 0 aromatic heterocycles. The fraction of sp³-hybridized carbons (Fsp3) is 0.588. The van der Waals surface area contributed by atoms with Gasteiger partial charge in [-0.15, -0.1) is 0 Å². The quantitative estimate of drug-likeness (QED) is 0.660. The molecule has 0 saturated heterocycles. The van der Waals surface area contributed by atoms with Gasteiger partial charge in [0.2, 0.25) is 0 Å². The number of hydrogen-bond donors (Lipinski definition) is 0. The molecule has 0 amide bonds. The van der Waals surface area contributed by atoms with Crippen LogP contribution in [0.15, 0.2) is 29.2 Å². The maximum Gasteiger partial charge on any atom is 0.321 e. The molecule has 1 fully saturated rings. The number of carbonyl (C=O) groups excluding carboxylic acids is 1. The van der Waals surface area contributed by atoms with Crippen LogP contribution in [-0.4, -0.2) is 5.97 Å². The predicted octanol–water partition coefficient (Wildman–Crippen LogP) is 5.37. The molecule has 0 aliphatic heterocycles. The van der Waals surface area contributed by atoms with Crippen LogP contribution in [0.4, 0.5) is 4.39 Å². The van der Waals surface area contributed by atoms with E-state index in [1.54, 1.807) is 18.2 Å². The lowest BCUT2D eigenvalue weighted by Crippen LogP contribution is -2.22. The summed E-state index contributed by atoms with van der Waals surface area (Å²) in [7, 11) is 0. The minimum absolute atomic E-state index is 0.0119. The molecule has 1 aromatic carbocycles. The molecule has 0 bridgehead atoms. The highest BCUT2D eigenvalue weighted by Gasteiger charge is 2.27. The Bertz CT molecular complexity index is 456. The lowest BCUT2D eigenvalue weighted by molar-refractivity contribution is -0.138. The van der Waals surface area contributed by atoms with Crippen LogP contribution in [0.25, 0.3) is 0 Å². The van der Waals surface area contributed by atoms with E-state index in [1.165, 1.54) is 25.3 Å². The molecule has 1 aliphatic rings. The van der Waals surface area contributed by atoms with Crippen LogP contribution < -0.4 is 0 Å². The lowest BCUT2D eigenvalue weighted by Gasteiger charge is -2.26. The maximum atomic E-state index is 13.4. The Kier molecular flexibility index (Phi) is 6.55. The second kappa shape index (κ2) is 8.42. The van der Waals surface area contributed by atoms with Crippen molar-refractivity contribution in [3.05, 3.63) is 30.1 Å². The first-order valence-corrected chi connectivity index (χ1v) is 8.57. The molecular weight excluding hydrogens is 287 g/mol. The monoisotopic (exact) mass is 310 g/mol. The van der Waals surface area contributed by atoms with Gasteiger partial charge in [0, 0.05) is 0 Å². The zero-order valence-electron chi connectivity index (χ0n) is 12.5. The zero-order valence-corrected chi connectivity index (χ0v) is 13.3. The second-order valence-electron chi connectivity index (χ2n) is 5.78. The molecule has 0 unspecified atom stereocenters. The summed E-state index contributed by atoms with van der Waals surface area (Å²) in [6.45, 7) is 2.21. The van der Waals surface area contributed by atoms with E-state index in [-0.39, 0.29) is 17.7 Å². The summed E-state index contributed by atoms with van der Waals surface area (Å²) in [6, 6.07) is 6.35. The van der Waals surface area contributed by atoms with Crippen LogP contribution >= 0.6 is 12.0 Å². The van der Waals surface area contributed by atoms with E-state index >= 15 is 0 Å². The van der Waals surface area contributed by atoms with Crippen LogP contribution in [0.1, 0.15) is 51.9 Å². The Hall–Kier alpha value is -1.03. The molecule has 116 valence electrons. The molecule has 1 saturated carbocycles. The van der Waals surface area contributed by atoms with Crippen molar-refractivity contribution < 1.29 is 13.4 Å². The van der Waals surface area contributed by atoms with Gasteiger partial charge in [0.25, 0.3) is 0 Å². The number of rotatable bonds is 6. The average molecular weight is 310 g/mol. The van der Waals surface area contributed by atoms with Crippen molar-refractivity contribution in [1.29, 1.82) is 0 Å². The van der Waals surface area contributed by atoms with Gasteiger partial charge in [-0.2, -0.15) is 0 Å². The normalized spacial score (nSPS) is 22.0. The number of carbonyl (C=O) groups is 1. The third kappa shape index (κ3) is 5.03. The first kappa shape index (κ1) is 16.3. The summed E-state index contributed by atoms with van der Waals surface area (Å²) in [6.07, 6.45) is 7.84. The third-order valence-electron chi connectivity index (χ3n) is 4.20. The highest BCUT2D eigenvalue weighted by atomic mass is 32.2. The highest BCUT2D eigenvalue weighted by molar-refractivity contribution is 7.95. The minimum Gasteiger partial charge on any atom is -0.386 e. The molecule has 21 heavy (non-hydrogen) atoms. The standard InChI is InChI=1S/C17H23FO2S/c1-2-3-6-13-9-11-14(12-10-13)17(19)20-21-16-8-5-4-7-15(16)18/h4-5,7-8,13-14H,2-3,6,9-12H2,1H3. The van der Waals surface area contributed by atoms with Gasteiger partial charge in [-0.3, -0.25) is 4.79 Å². The molecule has 0 spiro atoms. The summed E-state index contributed by atoms with van der Waals surface area (Å²) < 4.78 is 18.6. The first-order valence-electron chi connectivity index (χ1n) is 7.83. The molecule has 0 atom stereocenters. The van der Waals surface area contributed by atoms with Crippen molar-refractivity contribution in [2.24, 2.45) is 11.8 Å². The largest absolute Gasteiger partial charge is 0.386 e. The van der Waals surface area contributed by atoms with Gasteiger partial charge in [0.15, 0.2) is 0 Å². The molecule has 0 heterocycles. The Balaban J connectivity index is 1.74. The van der Waals surface area contributed by atoms with E-state index in [0.29, 0.717) is 4.90 Å². The van der Waals surface area contributed by atoms with Crippen molar-refractivity contribution in [1.82, 2.24) is 0 Å². The van der Waals surface area contributed by atoms with Crippen molar-refractivity contribution in [2.45, 2.75) is 56.8 Å². The highest BCUT2D eigenvalue weighted by Crippen LogP contribution is 2.34. The van der Waals surface area contributed by atoms with E-state index in [1.807, 2.05) is 0 Å². The first-order chi connectivity index (χ1) is 10.2. The van der Waals surface area contributed by atoms with Crippen LogP contribution in [0, 0.1) is 17.7 Å². The number of unbranched alkanes of at least 4 members (excludes halogenated alkanes) is 1. The van der Waals surface area contributed by atoms with Crippen molar-refractivity contribution >= 4 is 18.0 Å². The van der Waals surface area contributed by atoms with Crippen molar-refractivity contribution in [2.75, 3.05) is 0 Å². The number of benzene rings is 1. The Morgan fingerprint density at radius 2 is 2.00 bits per heavy atom. The van der Waals surface area contributed by atoms with Crippen molar-refractivity contribution in [3.8, 4) is 0 Å². The summed E-state index contributed by atoms with van der Waals surface area (Å²) in [5, 5.41) is 0. The fourth-order valence-corrected chi connectivity index (χ4v) is 3.44. The van der Waals surface area contributed by atoms with Crippen LogP contribution in [0.3, 0.4) is 0 Å². The molecule has 2 rings (SSSR count). The predicted molar refractivity (Wildman–Crippen MR) is 83.3 cm³/mol. The smallest absolute Gasteiger partial charge is 0.321 e. The summed E-state index contributed by atoms with van der Waals surface area (Å²) >= 11 is 0.839. The molecule has 0 N–H and O–H groups in total. The van der Waals surface area contributed by atoms with E-state index in [0.717, 1.165) is 43.6 Å². The van der Waals surface area contributed by atoms with E-state index in [2.05, 4.69) is 6.92 Å². The maximum absolute atomic E-state index is 13.4. The number of hydrogen-bond acceptors (Lipinski definition) is 3. The van der Waals surface area contributed by atoms with Gasteiger partial charge in [0.05, 0.1) is 22.9 Å². The minimum atomic E-state index is -0.349. The number of halogens is 1. The van der Waals surface area contributed by atoms with Gasteiger partial charge < -0.3 is 4.18 Å².